The van der Waals surface area contributed by atoms with E-state index in [9.17, 15) is 0 Å². The molecule has 27 heavy (non-hydrogen) atoms. The Labute approximate surface area is 191 Å². The molecule has 0 unspecified atom stereocenters. The average Bonchev–Trinajstić information content (AvgIpc) is 3.30. The molecule has 142 valence electrons. The van der Waals surface area contributed by atoms with Crippen LogP contribution >= 0.6 is 0 Å². The maximum absolute atomic E-state index is 2.34. The number of fused-ring (bicyclic) bond motifs is 2. The average molecular weight is 493 g/mol. The summed E-state index contributed by atoms with van der Waals surface area (Å²) in [5.41, 5.74) is 1.15. The van der Waals surface area contributed by atoms with E-state index >= 15 is 0 Å². The third-order valence-electron chi connectivity index (χ3n) is 4.17. The molecular weight excluding hydrogens is 466 g/mol. The number of benzene rings is 2. The van der Waals surface area contributed by atoms with Crippen molar-refractivity contribution in [1.82, 2.24) is 0 Å². The molecule has 4 aromatic rings. The molecule has 0 fully saturated rings. The van der Waals surface area contributed by atoms with Gasteiger partial charge in [0.1, 0.15) is 0 Å². The zero-order valence-electron chi connectivity index (χ0n) is 16.1. The van der Waals surface area contributed by atoms with Crippen molar-refractivity contribution >= 4 is 27.0 Å². The Bertz CT molecular complexity index is 782. The zero-order chi connectivity index (χ0) is 18.1. The maximum Gasteiger partial charge on any atom is -0.0809 e. The van der Waals surface area contributed by atoms with Crippen LogP contribution in [0.5, 0.6) is 0 Å². The van der Waals surface area contributed by atoms with E-state index in [0.29, 0.717) is 0 Å². The minimum Gasteiger partial charge on any atom is -1.00 e. The summed E-state index contributed by atoms with van der Waals surface area (Å²) in [6, 6.07) is 30.8. The fourth-order valence-electron chi connectivity index (χ4n) is 2.55. The molecule has 0 aromatic heterocycles. The van der Waals surface area contributed by atoms with Crippen LogP contribution in [0.25, 0.3) is 21.5 Å². The van der Waals surface area contributed by atoms with E-state index in [1.54, 1.807) is 23.3 Å². The van der Waals surface area contributed by atoms with E-state index < -0.39 is 0 Å². The normalized spacial score (nSPS) is 9.41. The fourth-order valence-corrected chi connectivity index (χ4v) is 3.36. The maximum atomic E-state index is 2.34. The first-order valence-electron chi connectivity index (χ1n) is 8.90. The van der Waals surface area contributed by atoms with Crippen LogP contribution in [0, 0.1) is 0 Å². The Morgan fingerprint density at radius 3 is 1.48 bits per heavy atom. The minimum atomic E-state index is 0. The first-order valence-corrected chi connectivity index (χ1v) is 14.4. The van der Waals surface area contributed by atoms with Crippen LogP contribution in [0.3, 0.4) is 0 Å². The van der Waals surface area contributed by atoms with Crippen LogP contribution in [0.15, 0.2) is 84.9 Å². The largest absolute Gasteiger partial charge is 1.00 e. The van der Waals surface area contributed by atoms with E-state index in [1.165, 1.54) is 27.6 Å². The molecule has 0 heterocycles. The van der Waals surface area contributed by atoms with Gasteiger partial charge in [-0.05, 0) is 0 Å². The summed E-state index contributed by atoms with van der Waals surface area (Å²) in [4.78, 5) is 0. The fraction of sp³-hybridized carbons (Fsp3) is 0.217. The molecule has 4 rings (SSSR count). The van der Waals surface area contributed by atoms with E-state index in [-0.39, 0.29) is 30.2 Å². The Hall–Kier alpha value is -0.660. The van der Waals surface area contributed by atoms with Crippen LogP contribution in [0.2, 0.25) is 11.6 Å². The van der Waals surface area contributed by atoms with Crippen molar-refractivity contribution in [3.63, 3.8) is 0 Å². The zero-order valence-corrected chi connectivity index (χ0v) is 21.1. The van der Waals surface area contributed by atoms with Gasteiger partial charge in [0.15, 0.2) is 0 Å². The van der Waals surface area contributed by atoms with Crippen molar-refractivity contribution in [3.8, 4) is 0 Å². The van der Waals surface area contributed by atoms with Gasteiger partial charge in [-0.25, -0.2) is 0 Å². The standard InChI is InChI=1S/2C9H7.C5H12Si.2ClH.Zr/c2*1-2-5-9-7-3-6-8(9)4-1;1-4-6-5(2)3;;;/h2*1-7H;5H,4H2,1-3H3;2*1H;/q2*-1;;;;+2/p-2. The predicted molar refractivity (Wildman–Crippen MR) is 110 cm³/mol. The summed E-state index contributed by atoms with van der Waals surface area (Å²) in [5.74, 6) is 0. The van der Waals surface area contributed by atoms with Crippen molar-refractivity contribution in [2.24, 2.45) is 0 Å². The van der Waals surface area contributed by atoms with E-state index in [4.69, 9.17) is 0 Å². The quantitative estimate of drug-likeness (QED) is 0.290. The van der Waals surface area contributed by atoms with E-state index in [1.807, 2.05) is 0 Å². The molecule has 0 saturated heterocycles. The molecule has 4 heteroatoms. The Morgan fingerprint density at radius 2 is 1.19 bits per heavy atom. The third-order valence-corrected chi connectivity index (χ3v) is 13.2. The van der Waals surface area contributed by atoms with Crippen LogP contribution in [0.4, 0.5) is 0 Å². The van der Waals surface area contributed by atoms with Crippen molar-refractivity contribution in [2.45, 2.75) is 32.4 Å². The number of halogens is 2. The summed E-state index contributed by atoms with van der Waals surface area (Å²) < 4.78 is 0. The molecular formula is C23H26Cl2SiZr-2. The molecule has 0 aliphatic carbocycles. The van der Waals surface area contributed by atoms with Gasteiger partial charge in [0.25, 0.3) is 0 Å². The van der Waals surface area contributed by atoms with Crippen molar-refractivity contribution in [2.75, 3.05) is 0 Å². The van der Waals surface area contributed by atoms with Crippen molar-refractivity contribution in [1.29, 1.82) is 0 Å². The number of hydrogen-bond acceptors (Lipinski definition) is 0. The second-order valence-corrected chi connectivity index (χ2v) is 14.0. The molecule has 0 radical (unpaired) electrons. The van der Waals surface area contributed by atoms with Crippen molar-refractivity contribution in [3.05, 3.63) is 84.9 Å². The summed E-state index contributed by atoms with van der Waals surface area (Å²) in [6.45, 7) is 6.99. The predicted octanol–water partition coefficient (Wildman–Crippen LogP) is 1.08. The molecule has 0 bridgehead atoms. The number of rotatable bonds is 2. The molecule has 0 amide bonds. The summed E-state index contributed by atoms with van der Waals surface area (Å²) >= 11 is 1.80. The molecule has 0 N–H and O–H groups in total. The third kappa shape index (κ3) is 8.92. The van der Waals surface area contributed by atoms with Gasteiger partial charge in [0, 0.05) is 0 Å². The van der Waals surface area contributed by atoms with Crippen LogP contribution < -0.4 is 24.8 Å². The molecule has 0 saturated carbocycles. The van der Waals surface area contributed by atoms with Crippen LogP contribution in [-0.4, -0.2) is 5.43 Å². The summed E-state index contributed by atoms with van der Waals surface area (Å²) in [5, 5.41) is 5.32. The molecule has 0 nitrogen and oxygen atoms in total. The Kier molecular flexibility index (Phi) is 14.0. The Morgan fingerprint density at radius 1 is 0.778 bits per heavy atom. The van der Waals surface area contributed by atoms with Gasteiger partial charge in [-0.2, -0.15) is 35.0 Å². The monoisotopic (exact) mass is 490 g/mol. The topological polar surface area (TPSA) is 0 Å². The van der Waals surface area contributed by atoms with Gasteiger partial charge in [-0.1, -0.05) is 12.1 Å². The SMILES string of the molecule is CC[Si](=[Zr+2])C(C)C.[Cl-].[Cl-].c1ccc2[cH-]ccc2c1.c1ccc2[cH-]ccc2c1. The molecule has 0 aliphatic heterocycles. The van der Waals surface area contributed by atoms with Gasteiger partial charge >= 0.3 is 61.1 Å². The van der Waals surface area contributed by atoms with Crippen LogP contribution in [-0.2, 0) is 23.3 Å². The van der Waals surface area contributed by atoms with Crippen LogP contribution in [0.1, 0.15) is 20.8 Å². The van der Waals surface area contributed by atoms with E-state index in [0.717, 1.165) is 5.54 Å². The second-order valence-electron chi connectivity index (χ2n) is 6.34. The first-order chi connectivity index (χ1) is 12.1. The smallest absolute Gasteiger partial charge is 0.0809 e. The number of hydrogen-bond donors (Lipinski definition) is 0. The van der Waals surface area contributed by atoms with E-state index in [2.05, 4.69) is 106 Å². The second kappa shape index (κ2) is 14.4. The molecule has 0 aliphatic rings. The van der Waals surface area contributed by atoms with Crippen molar-refractivity contribution < 1.29 is 48.1 Å². The summed E-state index contributed by atoms with van der Waals surface area (Å²) in [6.07, 6.45) is 0. The van der Waals surface area contributed by atoms with Gasteiger partial charge in [0.05, 0.1) is 0 Å². The Balaban J connectivity index is 0.000000367. The minimum absolute atomic E-state index is 0. The van der Waals surface area contributed by atoms with Gasteiger partial charge in [-0.3, -0.25) is 0 Å². The molecule has 0 spiro atoms. The summed E-state index contributed by atoms with van der Waals surface area (Å²) in [7, 11) is 0. The van der Waals surface area contributed by atoms with Gasteiger partial charge < -0.3 is 24.8 Å². The molecule has 4 aromatic carbocycles. The molecule has 0 atom stereocenters. The van der Waals surface area contributed by atoms with Gasteiger partial charge in [-0.15, -0.1) is 59.3 Å². The van der Waals surface area contributed by atoms with Gasteiger partial charge in [0.2, 0.25) is 0 Å². The first kappa shape index (κ1) is 26.3.